The van der Waals surface area contributed by atoms with Gasteiger partial charge in [-0.1, -0.05) is 25.1 Å². The van der Waals surface area contributed by atoms with Crippen molar-refractivity contribution in [2.75, 3.05) is 16.4 Å². The summed E-state index contributed by atoms with van der Waals surface area (Å²) in [6.45, 7) is 3.83. The van der Waals surface area contributed by atoms with Crippen molar-refractivity contribution in [3.8, 4) is 0 Å². The lowest BCUT2D eigenvalue weighted by Gasteiger charge is -2.11. The monoisotopic (exact) mass is 418 g/mol. The number of hydrogen-bond donors (Lipinski definition) is 2. The van der Waals surface area contributed by atoms with Crippen LogP contribution in [0.1, 0.15) is 25.3 Å². The number of anilines is 2. The summed E-state index contributed by atoms with van der Waals surface area (Å²) in [5.74, 6) is -0.794. The van der Waals surface area contributed by atoms with Gasteiger partial charge in [0.2, 0.25) is 11.8 Å². The third-order valence-electron chi connectivity index (χ3n) is 4.40. The van der Waals surface area contributed by atoms with Gasteiger partial charge in [0.25, 0.3) is 0 Å². The van der Waals surface area contributed by atoms with Crippen LogP contribution in [0.4, 0.5) is 11.4 Å². The number of hydrogen-bond acceptors (Lipinski definition) is 5. The van der Waals surface area contributed by atoms with Crippen molar-refractivity contribution in [2.45, 2.75) is 41.7 Å². The first-order valence-electron chi connectivity index (χ1n) is 8.93. The molecule has 0 fully saturated rings. The minimum absolute atomic E-state index is 0.102. The Bertz CT molecular complexity index is 1020. The number of thioether (sulfide) groups is 1. The number of benzene rings is 2. The first-order valence-corrected chi connectivity index (χ1v) is 11.5. The summed E-state index contributed by atoms with van der Waals surface area (Å²) >= 11 is 1.53. The zero-order valence-corrected chi connectivity index (χ0v) is 17.3. The SMILES string of the molecule is Cc1ccccc1NC(=O)CCS(=O)(=O)c1ccc2c(c1)NC(=O)C[C@H](C)S2. The van der Waals surface area contributed by atoms with Crippen LogP contribution in [0.2, 0.25) is 0 Å². The Morgan fingerprint density at radius 2 is 2.00 bits per heavy atom. The molecular formula is C20H22N2O4S2. The quantitative estimate of drug-likeness (QED) is 0.774. The smallest absolute Gasteiger partial charge is 0.225 e. The summed E-state index contributed by atoms with van der Waals surface area (Å²) in [6.07, 6.45) is 0.229. The number of fused-ring (bicyclic) bond motifs is 1. The summed E-state index contributed by atoms with van der Waals surface area (Å²) in [7, 11) is -3.66. The summed E-state index contributed by atoms with van der Waals surface area (Å²) in [4.78, 5) is 25.0. The van der Waals surface area contributed by atoms with Gasteiger partial charge in [-0.3, -0.25) is 9.59 Å². The number of rotatable bonds is 5. The molecule has 0 aliphatic carbocycles. The number of sulfone groups is 1. The Labute approximate surface area is 169 Å². The van der Waals surface area contributed by atoms with Crippen LogP contribution in [-0.4, -0.2) is 31.2 Å². The molecule has 1 atom stereocenters. The molecule has 148 valence electrons. The molecule has 0 radical (unpaired) electrons. The van der Waals surface area contributed by atoms with Crippen LogP contribution in [-0.2, 0) is 19.4 Å². The van der Waals surface area contributed by atoms with Crippen molar-refractivity contribution in [1.29, 1.82) is 0 Å². The normalized spacial score (nSPS) is 16.6. The second-order valence-corrected chi connectivity index (χ2v) is 10.4. The number of amides is 2. The van der Waals surface area contributed by atoms with Gasteiger partial charge in [-0.05, 0) is 36.8 Å². The molecule has 0 saturated carbocycles. The molecule has 2 aromatic rings. The number of aryl methyl sites for hydroxylation is 1. The first kappa shape index (κ1) is 20.4. The van der Waals surface area contributed by atoms with Gasteiger partial charge in [-0.15, -0.1) is 11.8 Å². The lowest BCUT2D eigenvalue weighted by Crippen LogP contribution is -2.18. The minimum Gasteiger partial charge on any atom is -0.326 e. The molecule has 28 heavy (non-hydrogen) atoms. The van der Waals surface area contributed by atoms with E-state index in [0.717, 1.165) is 10.5 Å². The highest BCUT2D eigenvalue weighted by molar-refractivity contribution is 8.00. The molecule has 2 N–H and O–H groups in total. The molecule has 1 aliphatic rings. The maximum absolute atomic E-state index is 12.7. The summed E-state index contributed by atoms with van der Waals surface area (Å²) in [5, 5.41) is 5.62. The van der Waals surface area contributed by atoms with Crippen LogP contribution >= 0.6 is 11.8 Å². The van der Waals surface area contributed by atoms with E-state index < -0.39 is 9.84 Å². The molecule has 6 nitrogen and oxygen atoms in total. The van der Waals surface area contributed by atoms with Crippen LogP contribution in [0.25, 0.3) is 0 Å². The Morgan fingerprint density at radius 1 is 1.25 bits per heavy atom. The molecule has 2 aromatic carbocycles. The van der Waals surface area contributed by atoms with Gasteiger partial charge >= 0.3 is 0 Å². The van der Waals surface area contributed by atoms with Gasteiger partial charge in [-0.2, -0.15) is 0 Å². The fourth-order valence-electron chi connectivity index (χ4n) is 2.89. The van der Waals surface area contributed by atoms with Crippen molar-refractivity contribution in [1.82, 2.24) is 0 Å². The average molecular weight is 419 g/mol. The van der Waals surface area contributed by atoms with E-state index in [1.54, 1.807) is 12.1 Å². The third-order valence-corrected chi connectivity index (χ3v) is 7.29. The van der Waals surface area contributed by atoms with Crippen LogP contribution < -0.4 is 10.6 Å². The van der Waals surface area contributed by atoms with E-state index in [2.05, 4.69) is 10.6 Å². The second kappa shape index (κ2) is 8.36. The van der Waals surface area contributed by atoms with Gasteiger partial charge < -0.3 is 10.6 Å². The number of carbonyl (C=O) groups excluding carboxylic acids is 2. The Balaban J connectivity index is 1.70. The number of carbonyl (C=O) groups is 2. The Morgan fingerprint density at radius 3 is 2.75 bits per heavy atom. The predicted octanol–water partition coefficient (Wildman–Crippen LogP) is 3.62. The van der Waals surface area contributed by atoms with Gasteiger partial charge in [0, 0.05) is 28.7 Å². The van der Waals surface area contributed by atoms with Gasteiger partial charge in [0.05, 0.1) is 16.3 Å². The molecule has 1 heterocycles. The lowest BCUT2D eigenvalue weighted by atomic mass is 10.2. The second-order valence-electron chi connectivity index (χ2n) is 6.77. The van der Waals surface area contributed by atoms with Crippen LogP contribution in [0.5, 0.6) is 0 Å². The zero-order chi connectivity index (χ0) is 20.3. The predicted molar refractivity (Wildman–Crippen MR) is 111 cm³/mol. The maximum atomic E-state index is 12.7. The Kier molecular flexibility index (Phi) is 6.10. The zero-order valence-electron chi connectivity index (χ0n) is 15.7. The van der Waals surface area contributed by atoms with E-state index in [4.69, 9.17) is 0 Å². The first-order chi connectivity index (χ1) is 13.2. The van der Waals surface area contributed by atoms with Crippen molar-refractivity contribution in [3.63, 3.8) is 0 Å². The van der Waals surface area contributed by atoms with Gasteiger partial charge in [0.1, 0.15) is 0 Å². The van der Waals surface area contributed by atoms with E-state index in [1.165, 1.54) is 23.9 Å². The Hall–Kier alpha value is -2.32. The summed E-state index contributed by atoms with van der Waals surface area (Å²) in [5.41, 5.74) is 2.08. The molecule has 0 spiro atoms. The highest BCUT2D eigenvalue weighted by Crippen LogP contribution is 2.36. The molecule has 8 heteroatoms. The molecule has 0 bridgehead atoms. The molecule has 0 aromatic heterocycles. The fourth-order valence-corrected chi connectivity index (χ4v) is 5.21. The van der Waals surface area contributed by atoms with Crippen molar-refractivity contribution in [2.24, 2.45) is 0 Å². The maximum Gasteiger partial charge on any atom is 0.225 e. The van der Waals surface area contributed by atoms with Crippen molar-refractivity contribution >= 4 is 44.8 Å². The molecular weight excluding hydrogens is 396 g/mol. The highest BCUT2D eigenvalue weighted by Gasteiger charge is 2.23. The largest absolute Gasteiger partial charge is 0.326 e. The molecule has 0 saturated heterocycles. The van der Waals surface area contributed by atoms with Gasteiger partial charge in [0.15, 0.2) is 9.84 Å². The molecule has 0 unspecified atom stereocenters. The van der Waals surface area contributed by atoms with Crippen molar-refractivity contribution in [3.05, 3.63) is 48.0 Å². The van der Waals surface area contributed by atoms with Gasteiger partial charge in [-0.25, -0.2) is 8.42 Å². The molecule has 1 aliphatic heterocycles. The fraction of sp³-hybridized carbons (Fsp3) is 0.300. The van der Waals surface area contributed by atoms with Crippen LogP contribution in [0, 0.1) is 6.92 Å². The third kappa shape index (κ3) is 4.94. The van der Waals surface area contributed by atoms with E-state index in [1.807, 2.05) is 32.0 Å². The standard InChI is InChI=1S/C20H22N2O4S2/c1-13-5-3-4-6-16(13)21-19(23)9-10-28(25,26)15-7-8-18-17(12-15)22-20(24)11-14(2)27-18/h3-8,12,14H,9-11H2,1-2H3,(H,21,23)(H,22,24)/t14-/m0/s1. The topological polar surface area (TPSA) is 92.3 Å². The van der Waals surface area contributed by atoms with E-state index in [9.17, 15) is 18.0 Å². The lowest BCUT2D eigenvalue weighted by molar-refractivity contribution is -0.116. The van der Waals surface area contributed by atoms with Crippen molar-refractivity contribution < 1.29 is 18.0 Å². The van der Waals surface area contributed by atoms with E-state index in [0.29, 0.717) is 17.8 Å². The number of para-hydroxylation sites is 1. The number of nitrogens with one attached hydrogen (secondary N) is 2. The summed E-state index contributed by atoms with van der Waals surface area (Å²) in [6, 6.07) is 12.0. The minimum atomic E-state index is -3.66. The van der Waals surface area contributed by atoms with E-state index in [-0.39, 0.29) is 34.1 Å². The highest BCUT2D eigenvalue weighted by atomic mass is 32.2. The van der Waals surface area contributed by atoms with E-state index >= 15 is 0 Å². The average Bonchev–Trinajstić information content (AvgIpc) is 2.77. The van der Waals surface area contributed by atoms with Crippen LogP contribution in [0.3, 0.4) is 0 Å². The van der Waals surface area contributed by atoms with Crippen LogP contribution in [0.15, 0.2) is 52.3 Å². The molecule has 3 rings (SSSR count). The summed E-state index contributed by atoms with van der Waals surface area (Å²) < 4.78 is 25.3. The molecule has 2 amide bonds.